The van der Waals surface area contributed by atoms with Crippen LogP contribution in [0.15, 0.2) is 60.8 Å². The highest BCUT2D eigenvalue weighted by molar-refractivity contribution is 5.74. The Balaban J connectivity index is 1.97. The van der Waals surface area contributed by atoms with Crippen LogP contribution < -0.4 is 10.1 Å². The zero-order valence-electron chi connectivity index (χ0n) is 17.2. The molecule has 0 spiro atoms. The third kappa shape index (κ3) is 5.63. The van der Waals surface area contributed by atoms with Crippen LogP contribution in [-0.4, -0.2) is 17.0 Å². The van der Waals surface area contributed by atoms with E-state index in [9.17, 15) is 13.6 Å². The van der Waals surface area contributed by atoms with Crippen LogP contribution in [0.25, 0.3) is 11.1 Å². The van der Waals surface area contributed by atoms with Gasteiger partial charge in [0.15, 0.2) is 0 Å². The molecule has 1 N–H and O–H groups in total. The first-order valence-corrected chi connectivity index (χ1v) is 9.76. The molecule has 6 heteroatoms. The standard InChI is InChI=1S/C24H24F2N2O2/c1-15(2)30-21-8-6-18(7-9-21)22-5-4-10-27-24(22)23(28-16(3)29)13-17-11-19(25)14-20(26)12-17/h4-12,14-15,23H,13H2,1-3H3,(H,28,29)/t23-/m0/s1. The fourth-order valence-electron chi connectivity index (χ4n) is 3.35. The van der Waals surface area contributed by atoms with E-state index in [1.54, 1.807) is 6.20 Å². The zero-order valence-corrected chi connectivity index (χ0v) is 17.2. The highest BCUT2D eigenvalue weighted by Crippen LogP contribution is 2.30. The maximum absolute atomic E-state index is 13.7. The molecule has 1 atom stereocenters. The maximum Gasteiger partial charge on any atom is 0.217 e. The number of ether oxygens (including phenoxy) is 1. The van der Waals surface area contributed by atoms with Crippen molar-refractivity contribution in [2.24, 2.45) is 0 Å². The van der Waals surface area contributed by atoms with E-state index in [0.29, 0.717) is 11.3 Å². The lowest BCUT2D eigenvalue weighted by Crippen LogP contribution is -2.29. The molecule has 156 valence electrons. The van der Waals surface area contributed by atoms with Gasteiger partial charge in [-0.1, -0.05) is 18.2 Å². The van der Waals surface area contributed by atoms with E-state index in [1.165, 1.54) is 19.1 Å². The van der Waals surface area contributed by atoms with Crippen LogP contribution in [0.4, 0.5) is 8.78 Å². The topological polar surface area (TPSA) is 51.2 Å². The number of benzene rings is 2. The third-order valence-electron chi connectivity index (χ3n) is 4.45. The van der Waals surface area contributed by atoms with Crippen molar-refractivity contribution < 1.29 is 18.3 Å². The lowest BCUT2D eigenvalue weighted by molar-refractivity contribution is -0.119. The smallest absolute Gasteiger partial charge is 0.217 e. The van der Waals surface area contributed by atoms with Gasteiger partial charge in [0.25, 0.3) is 0 Å². The first kappa shape index (κ1) is 21.4. The summed E-state index contributed by atoms with van der Waals surface area (Å²) in [6, 6.07) is 14.1. The van der Waals surface area contributed by atoms with Gasteiger partial charge in [0.2, 0.25) is 5.91 Å². The SMILES string of the molecule is CC(=O)N[C@@H](Cc1cc(F)cc(F)c1)c1ncccc1-c1ccc(OC(C)C)cc1. The third-order valence-corrected chi connectivity index (χ3v) is 4.45. The average Bonchev–Trinajstić information content (AvgIpc) is 2.66. The molecule has 1 aromatic heterocycles. The highest BCUT2D eigenvalue weighted by Gasteiger charge is 2.20. The summed E-state index contributed by atoms with van der Waals surface area (Å²) in [4.78, 5) is 16.3. The van der Waals surface area contributed by atoms with Crippen molar-refractivity contribution in [3.8, 4) is 16.9 Å². The quantitative estimate of drug-likeness (QED) is 0.580. The Labute approximate surface area is 174 Å². The molecular formula is C24H24F2N2O2. The van der Waals surface area contributed by atoms with Crippen LogP contribution in [0.2, 0.25) is 0 Å². The minimum Gasteiger partial charge on any atom is -0.491 e. The Hall–Kier alpha value is -3.28. The van der Waals surface area contributed by atoms with Crippen LogP contribution in [0.3, 0.4) is 0 Å². The number of hydrogen-bond acceptors (Lipinski definition) is 3. The van der Waals surface area contributed by atoms with Gasteiger partial charge in [-0.3, -0.25) is 9.78 Å². The number of carbonyl (C=O) groups is 1. The summed E-state index contributed by atoms with van der Waals surface area (Å²) in [5.74, 6) is -0.816. The molecule has 4 nitrogen and oxygen atoms in total. The largest absolute Gasteiger partial charge is 0.491 e. The number of pyridine rings is 1. The van der Waals surface area contributed by atoms with E-state index in [0.717, 1.165) is 22.9 Å². The fraction of sp³-hybridized carbons (Fsp3) is 0.250. The molecule has 1 amide bonds. The van der Waals surface area contributed by atoms with Crippen LogP contribution in [0.5, 0.6) is 5.75 Å². The Kier molecular flexibility index (Phi) is 6.77. The normalized spacial score (nSPS) is 11.9. The van der Waals surface area contributed by atoms with Crippen LogP contribution in [0, 0.1) is 11.6 Å². The van der Waals surface area contributed by atoms with Gasteiger partial charge < -0.3 is 10.1 Å². The van der Waals surface area contributed by atoms with Gasteiger partial charge in [-0.2, -0.15) is 0 Å². The minimum atomic E-state index is -0.659. The Bertz CT molecular complexity index is 1000. The molecule has 0 aliphatic heterocycles. The number of halogens is 2. The second kappa shape index (κ2) is 9.48. The van der Waals surface area contributed by atoms with Gasteiger partial charge in [0.1, 0.15) is 17.4 Å². The Morgan fingerprint density at radius 3 is 2.33 bits per heavy atom. The maximum atomic E-state index is 13.7. The predicted octanol–water partition coefficient (Wildman–Crippen LogP) is 5.23. The van der Waals surface area contributed by atoms with Crippen molar-refractivity contribution in [2.75, 3.05) is 0 Å². The molecule has 0 unspecified atom stereocenters. The molecule has 3 aromatic rings. The van der Waals surface area contributed by atoms with E-state index < -0.39 is 17.7 Å². The van der Waals surface area contributed by atoms with E-state index >= 15 is 0 Å². The van der Waals surface area contributed by atoms with Gasteiger partial charge >= 0.3 is 0 Å². The minimum absolute atomic E-state index is 0.0700. The lowest BCUT2D eigenvalue weighted by Gasteiger charge is -2.21. The number of nitrogens with one attached hydrogen (secondary N) is 1. The van der Waals surface area contributed by atoms with Crippen LogP contribution in [0.1, 0.15) is 38.1 Å². The molecule has 1 heterocycles. The van der Waals surface area contributed by atoms with Crippen molar-refractivity contribution in [3.05, 3.63) is 83.7 Å². The number of hydrogen-bond donors (Lipinski definition) is 1. The fourth-order valence-corrected chi connectivity index (χ4v) is 3.35. The van der Waals surface area contributed by atoms with Gasteiger partial charge in [-0.25, -0.2) is 8.78 Å². The van der Waals surface area contributed by atoms with Crippen LogP contribution >= 0.6 is 0 Å². The van der Waals surface area contributed by atoms with Gasteiger partial charge in [-0.05, 0) is 61.7 Å². The molecule has 30 heavy (non-hydrogen) atoms. The summed E-state index contributed by atoms with van der Waals surface area (Å²) in [5, 5.41) is 2.86. The second-order valence-corrected chi connectivity index (χ2v) is 7.36. The molecule has 0 fully saturated rings. The first-order valence-electron chi connectivity index (χ1n) is 9.76. The summed E-state index contributed by atoms with van der Waals surface area (Å²) >= 11 is 0. The molecule has 0 radical (unpaired) electrons. The summed E-state index contributed by atoms with van der Waals surface area (Å²) in [6.45, 7) is 5.32. The number of nitrogens with zero attached hydrogens (tertiary/aromatic N) is 1. The summed E-state index contributed by atoms with van der Waals surface area (Å²) in [6.07, 6.45) is 1.91. The highest BCUT2D eigenvalue weighted by atomic mass is 19.1. The van der Waals surface area contributed by atoms with Crippen LogP contribution in [-0.2, 0) is 11.2 Å². The van der Waals surface area contributed by atoms with Gasteiger partial charge in [0, 0.05) is 24.8 Å². The molecule has 0 saturated heterocycles. The lowest BCUT2D eigenvalue weighted by atomic mass is 9.95. The Morgan fingerprint density at radius 1 is 1.07 bits per heavy atom. The van der Waals surface area contributed by atoms with Crippen molar-refractivity contribution in [2.45, 2.75) is 39.3 Å². The number of rotatable bonds is 7. The van der Waals surface area contributed by atoms with Gasteiger partial charge in [0.05, 0.1) is 17.8 Å². The summed E-state index contributed by atoms with van der Waals surface area (Å²) in [5.41, 5.74) is 2.78. The van der Waals surface area contributed by atoms with E-state index in [1.807, 2.05) is 50.2 Å². The summed E-state index contributed by atoms with van der Waals surface area (Å²) in [7, 11) is 0. The number of carbonyl (C=O) groups excluding carboxylic acids is 1. The number of aromatic nitrogens is 1. The molecule has 0 aliphatic carbocycles. The van der Waals surface area contributed by atoms with Crippen molar-refractivity contribution >= 4 is 5.91 Å². The molecule has 0 bridgehead atoms. The first-order chi connectivity index (χ1) is 14.3. The van der Waals surface area contributed by atoms with Crippen molar-refractivity contribution in [3.63, 3.8) is 0 Å². The summed E-state index contributed by atoms with van der Waals surface area (Å²) < 4.78 is 33.0. The zero-order chi connectivity index (χ0) is 21.7. The molecular weight excluding hydrogens is 386 g/mol. The average molecular weight is 410 g/mol. The Morgan fingerprint density at radius 2 is 1.73 bits per heavy atom. The monoisotopic (exact) mass is 410 g/mol. The number of amides is 1. The van der Waals surface area contributed by atoms with Crippen molar-refractivity contribution in [1.29, 1.82) is 0 Å². The van der Waals surface area contributed by atoms with Crippen molar-refractivity contribution in [1.82, 2.24) is 10.3 Å². The second-order valence-electron chi connectivity index (χ2n) is 7.36. The predicted molar refractivity (Wildman–Crippen MR) is 112 cm³/mol. The molecule has 2 aromatic carbocycles. The molecule has 3 rings (SSSR count). The van der Waals surface area contributed by atoms with E-state index in [4.69, 9.17) is 4.74 Å². The molecule has 0 saturated carbocycles. The van der Waals surface area contributed by atoms with E-state index in [-0.39, 0.29) is 18.4 Å². The van der Waals surface area contributed by atoms with E-state index in [2.05, 4.69) is 10.3 Å². The molecule has 0 aliphatic rings. The van der Waals surface area contributed by atoms with Gasteiger partial charge in [-0.15, -0.1) is 0 Å².